The van der Waals surface area contributed by atoms with Gasteiger partial charge < -0.3 is 4.18 Å². The summed E-state index contributed by atoms with van der Waals surface area (Å²) >= 11 is 7.24. The van der Waals surface area contributed by atoms with E-state index in [1.807, 2.05) is 19.9 Å². The average molecular weight is 578 g/mol. The molecule has 1 aliphatic carbocycles. The first kappa shape index (κ1) is 23.5. The van der Waals surface area contributed by atoms with E-state index in [1.165, 1.54) is 22.3 Å². The first-order valence-electron chi connectivity index (χ1n) is 10.7. The van der Waals surface area contributed by atoms with Crippen LogP contribution in [0.1, 0.15) is 48.4 Å². The summed E-state index contributed by atoms with van der Waals surface area (Å²) in [4.78, 5) is 0. The van der Waals surface area contributed by atoms with E-state index in [2.05, 4.69) is 75.2 Å². The minimum absolute atomic E-state index is 0.00670. The fourth-order valence-electron chi connectivity index (χ4n) is 4.76. The molecule has 4 rings (SSSR count). The number of fused-ring (bicyclic) bond motifs is 3. The van der Waals surface area contributed by atoms with Crippen LogP contribution in [0.25, 0.3) is 11.1 Å². The molecule has 6 heteroatoms. The summed E-state index contributed by atoms with van der Waals surface area (Å²) in [5.74, 6) is 0.398. The predicted octanol–water partition coefficient (Wildman–Crippen LogP) is 7.69. The van der Waals surface area contributed by atoms with E-state index in [0.717, 1.165) is 32.9 Å². The third-order valence-corrected chi connectivity index (χ3v) is 8.40. The summed E-state index contributed by atoms with van der Waals surface area (Å²) in [5, 5.41) is 0. The number of benzene rings is 3. The van der Waals surface area contributed by atoms with Crippen molar-refractivity contribution in [3.05, 3.63) is 85.8 Å². The molecule has 0 bridgehead atoms. The normalized spacial score (nSPS) is 14.2. The average Bonchev–Trinajstić information content (AvgIpc) is 2.92. The van der Waals surface area contributed by atoms with Crippen LogP contribution in [0.3, 0.4) is 0 Å². The fourth-order valence-corrected chi connectivity index (χ4v) is 6.51. The van der Waals surface area contributed by atoms with Crippen molar-refractivity contribution in [2.75, 3.05) is 5.75 Å². The number of halogens is 2. The number of hydrogen-bond acceptors (Lipinski definition) is 3. The smallest absolute Gasteiger partial charge is 0.309 e. The van der Waals surface area contributed by atoms with E-state index in [9.17, 15) is 8.42 Å². The topological polar surface area (TPSA) is 43.4 Å². The van der Waals surface area contributed by atoms with Crippen molar-refractivity contribution >= 4 is 42.0 Å². The molecule has 0 saturated heterocycles. The Balaban J connectivity index is 1.48. The largest absolute Gasteiger partial charge is 0.382 e. The Hall–Kier alpha value is -1.63. The number of hydrogen-bond donors (Lipinski definition) is 0. The zero-order valence-electron chi connectivity index (χ0n) is 18.4. The van der Waals surface area contributed by atoms with Crippen molar-refractivity contribution in [2.24, 2.45) is 0 Å². The van der Waals surface area contributed by atoms with Crippen molar-refractivity contribution in [1.82, 2.24) is 0 Å². The van der Waals surface area contributed by atoms with E-state index in [4.69, 9.17) is 4.18 Å². The van der Waals surface area contributed by atoms with Gasteiger partial charge in [0, 0.05) is 14.4 Å². The molecule has 0 amide bonds. The van der Waals surface area contributed by atoms with Gasteiger partial charge in [0.15, 0.2) is 0 Å². The van der Waals surface area contributed by atoms with Crippen LogP contribution in [0.2, 0.25) is 0 Å². The molecule has 0 unspecified atom stereocenters. The highest BCUT2D eigenvalue weighted by Gasteiger charge is 2.39. The van der Waals surface area contributed by atoms with Gasteiger partial charge in [-0.15, -0.1) is 0 Å². The molecular weight excluding hydrogens is 552 g/mol. The Kier molecular flexibility index (Phi) is 6.59. The molecule has 0 atom stereocenters. The van der Waals surface area contributed by atoms with Crippen LogP contribution in [-0.4, -0.2) is 14.2 Å². The Morgan fingerprint density at radius 2 is 1.34 bits per heavy atom. The van der Waals surface area contributed by atoms with Crippen LogP contribution in [0.5, 0.6) is 5.75 Å². The zero-order valence-corrected chi connectivity index (χ0v) is 22.4. The molecule has 0 radical (unpaired) electrons. The van der Waals surface area contributed by atoms with Crippen LogP contribution >= 0.6 is 31.9 Å². The maximum atomic E-state index is 12.5. The van der Waals surface area contributed by atoms with Gasteiger partial charge in [0.2, 0.25) is 0 Å². The van der Waals surface area contributed by atoms with E-state index < -0.39 is 10.1 Å². The first-order chi connectivity index (χ1) is 15.1. The van der Waals surface area contributed by atoms with Gasteiger partial charge in [0.05, 0.1) is 5.75 Å². The van der Waals surface area contributed by atoms with Gasteiger partial charge in [0.25, 0.3) is 0 Å². The molecule has 3 aromatic rings. The lowest BCUT2D eigenvalue weighted by Crippen LogP contribution is -2.21. The van der Waals surface area contributed by atoms with Crippen LogP contribution in [0.15, 0.2) is 63.5 Å². The third-order valence-electron chi connectivity index (χ3n) is 6.18. The van der Waals surface area contributed by atoms with Crippen LogP contribution in [0.4, 0.5) is 0 Å². The minimum atomic E-state index is -3.63. The highest BCUT2D eigenvalue weighted by Crippen LogP contribution is 2.52. The summed E-state index contributed by atoms with van der Waals surface area (Å²) < 4.78 is 32.6. The van der Waals surface area contributed by atoms with E-state index in [-0.39, 0.29) is 11.2 Å². The Labute approximate surface area is 207 Å². The first-order valence-corrected chi connectivity index (χ1v) is 13.8. The van der Waals surface area contributed by atoms with Gasteiger partial charge in [-0.2, -0.15) is 8.42 Å². The monoisotopic (exact) mass is 576 g/mol. The highest BCUT2D eigenvalue weighted by atomic mass is 79.9. The molecule has 0 aromatic heterocycles. The maximum absolute atomic E-state index is 12.5. The predicted molar refractivity (Wildman–Crippen MR) is 138 cm³/mol. The van der Waals surface area contributed by atoms with Crippen LogP contribution in [0, 0.1) is 13.8 Å². The Bertz CT molecular complexity index is 1210. The lowest BCUT2D eigenvalue weighted by molar-refractivity contribution is 0.472. The SMILES string of the molecule is Cc1cc(C)cc(OS(=O)(=O)CCCCC2(C)c3cc(Br)ccc3-c3ccc(Br)cc32)c1. The summed E-state index contributed by atoms with van der Waals surface area (Å²) in [6.45, 7) is 6.12. The van der Waals surface area contributed by atoms with Crippen molar-refractivity contribution in [1.29, 1.82) is 0 Å². The minimum Gasteiger partial charge on any atom is -0.382 e. The maximum Gasteiger partial charge on any atom is 0.309 e. The van der Waals surface area contributed by atoms with E-state index in [0.29, 0.717) is 12.2 Å². The molecule has 32 heavy (non-hydrogen) atoms. The van der Waals surface area contributed by atoms with Gasteiger partial charge in [-0.05, 0) is 96.5 Å². The standard InChI is InChI=1S/C26H26Br2O3S/c1-17-12-18(2)14-21(13-17)31-32(29,30)11-5-4-10-26(3)24-15-19(27)6-8-22(24)23-9-7-20(28)16-25(23)26/h6-9,12-16H,4-5,10-11H2,1-3H3. The Morgan fingerprint density at radius 3 is 1.88 bits per heavy atom. The molecule has 0 fully saturated rings. The second kappa shape index (κ2) is 8.96. The van der Waals surface area contributed by atoms with Crippen molar-refractivity contribution < 1.29 is 12.6 Å². The van der Waals surface area contributed by atoms with Crippen LogP contribution in [-0.2, 0) is 15.5 Å². The van der Waals surface area contributed by atoms with Crippen LogP contribution < -0.4 is 4.18 Å². The summed E-state index contributed by atoms with van der Waals surface area (Å²) in [7, 11) is -3.63. The van der Waals surface area contributed by atoms with Gasteiger partial charge >= 0.3 is 10.1 Å². The molecule has 3 nitrogen and oxygen atoms in total. The summed E-state index contributed by atoms with van der Waals surface area (Å²) in [5.41, 5.74) is 6.88. The third kappa shape index (κ3) is 4.82. The van der Waals surface area contributed by atoms with Crippen molar-refractivity contribution in [3.63, 3.8) is 0 Å². The van der Waals surface area contributed by atoms with Gasteiger partial charge in [0.1, 0.15) is 5.75 Å². The molecule has 0 aliphatic heterocycles. The number of rotatable bonds is 7. The molecule has 0 heterocycles. The van der Waals surface area contributed by atoms with E-state index in [1.54, 1.807) is 12.1 Å². The number of unbranched alkanes of at least 4 members (excludes halogenated alkanes) is 1. The zero-order chi connectivity index (χ0) is 23.1. The lowest BCUT2D eigenvalue weighted by atomic mass is 9.76. The quantitative estimate of drug-likeness (QED) is 0.213. The second-order valence-electron chi connectivity index (χ2n) is 8.84. The molecule has 0 saturated carbocycles. The number of aryl methyl sites for hydroxylation is 2. The summed E-state index contributed by atoms with van der Waals surface area (Å²) in [6.07, 6.45) is 2.19. The molecular formula is C26H26Br2O3S. The highest BCUT2D eigenvalue weighted by molar-refractivity contribution is 9.10. The van der Waals surface area contributed by atoms with Gasteiger partial charge in [-0.1, -0.05) is 63.4 Å². The van der Waals surface area contributed by atoms with Gasteiger partial charge in [-0.25, -0.2) is 0 Å². The molecule has 3 aromatic carbocycles. The summed E-state index contributed by atoms with van der Waals surface area (Å²) in [6, 6.07) is 18.4. The molecule has 0 N–H and O–H groups in total. The van der Waals surface area contributed by atoms with Crippen molar-refractivity contribution in [2.45, 2.75) is 45.4 Å². The van der Waals surface area contributed by atoms with Gasteiger partial charge in [-0.3, -0.25) is 0 Å². The lowest BCUT2D eigenvalue weighted by Gasteiger charge is -2.28. The molecule has 168 valence electrons. The molecule has 0 spiro atoms. The Morgan fingerprint density at radius 1 is 0.812 bits per heavy atom. The van der Waals surface area contributed by atoms with Crippen molar-refractivity contribution in [3.8, 4) is 16.9 Å². The second-order valence-corrected chi connectivity index (χ2v) is 12.4. The molecule has 1 aliphatic rings. The fraction of sp³-hybridized carbons (Fsp3) is 0.308. The van der Waals surface area contributed by atoms with E-state index >= 15 is 0 Å².